The number of aromatic hydroxyl groups is 1. The minimum atomic E-state index is -0.0870. The van der Waals surface area contributed by atoms with E-state index in [1.54, 1.807) is 0 Å². The summed E-state index contributed by atoms with van der Waals surface area (Å²) in [5.74, 6) is 0.567. The van der Waals surface area contributed by atoms with Crippen LogP contribution in [0, 0.1) is 6.92 Å². The van der Waals surface area contributed by atoms with Gasteiger partial charge in [0, 0.05) is 45.7 Å². The van der Waals surface area contributed by atoms with E-state index in [-0.39, 0.29) is 11.8 Å². The molecule has 0 amide bonds. The average molecular weight is 395 g/mol. The average Bonchev–Trinajstić information content (AvgIpc) is 3.35. The van der Waals surface area contributed by atoms with Crippen molar-refractivity contribution in [3.05, 3.63) is 101 Å². The molecule has 0 radical (unpaired) electrons. The van der Waals surface area contributed by atoms with E-state index in [1.807, 2.05) is 12.1 Å². The summed E-state index contributed by atoms with van der Waals surface area (Å²) >= 11 is 0. The summed E-state index contributed by atoms with van der Waals surface area (Å²) in [7, 11) is 0. The number of rotatable bonds is 4. The van der Waals surface area contributed by atoms with E-state index in [0.717, 1.165) is 27.7 Å². The summed E-state index contributed by atoms with van der Waals surface area (Å²) in [5, 5.41) is 13.8. The molecule has 3 aromatic carbocycles. The van der Waals surface area contributed by atoms with Crippen molar-refractivity contribution in [1.29, 1.82) is 0 Å². The second-order valence-electron chi connectivity index (χ2n) is 8.40. The Labute approximate surface area is 176 Å². The van der Waals surface area contributed by atoms with Gasteiger partial charge in [0.15, 0.2) is 0 Å². The first-order chi connectivity index (χ1) is 14.6. The highest BCUT2D eigenvalue weighted by atomic mass is 16.3. The highest BCUT2D eigenvalue weighted by Gasteiger charge is 2.28. The van der Waals surface area contributed by atoms with Gasteiger partial charge in [0.05, 0.1) is 0 Å². The number of benzene rings is 3. The topological polar surface area (TPSA) is 51.8 Å². The normalized spacial score (nSPS) is 11.9. The number of phenolic OH excluding ortho intramolecular Hbond substituents is 1. The van der Waals surface area contributed by atoms with Crippen LogP contribution in [0.1, 0.15) is 53.5 Å². The number of aryl methyl sites for hydroxylation is 1. The van der Waals surface area contributed by atoms with Gasteiger partial charge in [-0.15, -0.1) is 0 Å². The fourth-order valence-corrected chi connectivity index (χ4v) is 4.70. The van der Waals surface area contributed by atoms with E-state index in [9.17, 15) is 5.11 Å². The van der Waals surface area contributed by atoms with E-state index in [4.69, 9.17) is 0 Å². The maximum atomic E-state index is 11.4. The Hall–Kier alpha value is -3.46. The fourth-order valence-electron chi connectivity index (χ4n) is 4.70. The first kappa shape index (κ1) is 18.6. The van der Waals surface area contributed by atoms with Crippen LogP contribution in [-0.2, 0) is 0 Å². The third-order valence-electron chi connectivity index (χ3n) is 6.24. The van der Waals surface area contributed by atoms with Gasteiger partial charge in [0.1, 0.15) is 5.75 Å². The predicted octanol–water partition coefficient (Wildman–Crippen LogP) is 6.97. The summed E-state index contributed by atoms with van der Waals surface area (Å²) in [4.78, 5) is 6.87. The molecule has 5 rings (SSSR count). The number of phenols is 1. The number of nitrogens with one attached hydrogen (secondary N) is 2. The van der Waals surface area contributed by atoms with Gasteiger partial charge in [-0.1, -0.05) is 62.4 Å². The SMILES string of the molecule is Cc1ccc(C(C)C)c(O)c1C(c1c[nH]c2ccccc12)c1c[nH]c2ccccc12. The van der Waals surface area contributed by atoms with E-state index in [2.05, 4.69) is 91.7 Å². The van der Waals surface area contributed by atoms with Crippen molar-refractivity contribution in [2.24, 2.45) is 0 Å². The quantitative estimate of drug-likeness (QED) is 0.303. The van der Waals surface area contributed by atoms with Crippen molar-refractivity contribution in [3.8, 4) is 5.75 Å². The van der Waals surface area contributed by atoms with Crippen LogP contribution in [0.3, 0.4) is 0 Å². The molecule has 3 heteroatoms. The molecule has 0 fully saturated rings. The molecule has 0 atom stereocenters. The Bertz CT molecular complexity index is 1280. The molecule has 0 aliphatic heterocycles. The smallest absolute Gasteiger partial charge is 0.123 e. The van der Waals surface area contributed by atoms with Crippen LogP contribution < -0.4 is 0 Å². The van der Waals surface area contributed by atoms with E-state index in [1.165, 1.54) is 21.9 Å². The van der Waals surface area contributed by atoms with E-state index < -0.39 is 0 Å². The fraction of sp³-hybridized carbons (Fsp3) is 0.185. The van der Waals surface area contributed by atoms with Crippen molar-refractivity contribution >= 4 is 21.8 Å². The molecule has 2 aromatic heterocycles. The maximum absolute atomic E-state index is 11.4. The Kier molecular flexibility index (Phi) is 4.39. The van der Waals surface area contributed by atoms with Gasteiger partial charge in [0.2, 0.25) is 0 Å². The lowest BCUT2D eigenvalue weighted by molar-refractivity contribution is 0.456. The molecule has 0 spiro atoms. The molecule has 150 valence electrons. The van der Waals surface area contributed by atoms with Gasteiger partial charge in [-0.2, -0.15) is 0 Å². The lowest BCUT2D eigenvalue weighted by Gasteiger charge is -2.23. The Morgan fingerprint density at radius 2 is 1.23 bits per heavy atom. The molecule has 2 heterocycles. The summed E-state index contributed by atoms with van der Waals surface area (Å²) in [6.45, 7) is 6.34. The molecule has 0 bridgehead atoms. The molecule has 0 saturated heterocycles. The number of aromatic amines is 2. The van der Waals surface area contributed by atoms with Gasteiger partial charge in [0.25, 0.3) is 0 Å². The van der Waals surface area contributed by atoms with Crippen molar-refractivity contribution < 1.29 is 5.11 Å². The van der Waals surface area contributed by atoms with Crippen molar-refractivity contribution in [2.45, 2.75) is 32.6 Å². The third kappa shape index (κ3) is 2.81. The highest BCUT2D eigenvalue weighted by Crippen LogP contribution is 2.45. The number of fused-ring (bicyclic) bond motifs is 2. The number of aromatic nitrogens is 2. The van der Waals surface area contributed by atoms with Gasteiger partial charge in [-0.25, -0.2) is 0 Å². The van der Waals surface area contributed by atoms with Crippen LogP contribution in [0.25, 0.3) is 21.8 Å². The Balaban J connectivity index is 1.86. The molecule has 30 heavy (non-hydrogen) atoms. The molecular formula is C27H26N2O. The minimum Gasteiger partial charge on any atom is -0.507 e. The predicted molar refractivity (Wildman–Crippen MR) is 124 cm³/mol. The van der Waals surface area contributed by atoms with Crippen LogP contribution in [-0.4, -0.2) is 15.1 Å². The molecule has 3 N–H and O–H groups in total. The lowest BCUT2D eigenvalue weighted by atomic mass is 9.80. The number of hydrogen-bond donors (Lipinski definition) is 3. The van der Waals surface area contributed by atoms with Gasteiger partial charge in [-0.3, -0.25) is 0 Å². The van der Waals surface area contributed by atoms with Crippen LogP contribution in [0.5, 0.6) is 5.75 Å². The molecular weight excluding hydrogens is 368 g/mol. The van der Waals surface area contributed by atoms with Crippen LogP contribution >= 0.6 is 0 Å². The molecule has 5 aromatic rings. The summed E-state index contributed by atoms with van der Waals surface area (Å²) in [6.07, 6.45) is 4.19. The highest BCUT2D eigenvalue weighted by molar-refractivity contribution is 5.89. The summed E-state index contributed by atoms with van der Waals surface area (Å²) in [6, 6.07) is 20.9. The minimum absolute atomic E-state index is 0.0870. The second kappa shape index (κ2) is 7.10. The number of H-pyrrole nitrogens is 2. The maximum Gasteiger partial charge on any atom is 0.123 e. The largest absolute Gasteiger partial charge is 0.507 e. The molecule has 0 unspecified atom stereocenters. The van der Waals surface area contributed by atoms with Gasteiger partial charge in [-0.05, 0) is 47.2 Å². The second-order valence-corrected chi connectivity index (χ2v) is 8.40. The Morgan fingerprint density at radius 1 is 0.700 bits per heavy atom. The molecule has 0 aliphatic rings. The Morgan fingerprint density at radius 3 is 1.77 bits per heavy atom. The van der Waals surface area contributed by atoms with Crippen molar-refractivity contribution in [1.82, 2.24) is 9.97 Å². The summed E-state index contributed by atoms with van der Waals surface area (Å²) in [5.41, 5.74) is 7.63. The first-order valence-corrected chi connectivity index (χ1v) is 10.5. The third-order valence-corrected chi connectivity index (χ3v) is 6.24. The number of hydrogen-bond acceptors (Lipinski definition) is 1. The van der Waals surface area contributed by atoms with Crippen molar-refractivity contribution in [3.63, 3.8) is 0 Å². The van der Waals surface area contributed by atoms with E-state index >= 15 is 0 Å². The molecule has 0 aliphatic carbocycles. The monoisotopic (exact) mass is 394 g/mol. The molecule has 3 nitrogen and oxygen atoms in total. The summed E-state index contributed by atoms with van der Waals surface area (Å²) < 4.78 is 0. The lowest BCUT2D eigenvalue weighted by Crippen LogP contribution is -2.07. The zero-order valence-electron chi connectivity index (χ0n) is 17.5. The zero-order valence-corrected chi connectivity index (χ0v) is 17.5. The van der Waals surface area contributed by atoms with Gasteiger partial charge >= 0.3 is 0 Å². The molecule has 0 saturated carbocycles. The van der Waals surface area contributed by atoms with Crippen molar-refractivity contribution in [2.75, 3.05) is 0 Å². The first-order valence-electron chi connectivity index (χ1n) is 10.5. The van der Waals surface area contributed by atoms with Crippen LogP contribution in [0.2, 0.25) is 0 Å². The van der Waals surface area contributed by atoms with E-state index in [0.29, 0.717) is 5.75 Å². The standard InChI is InChI=1S/C27H26N2O/c1-16(2)18-13-12-17(3)25(27(18)30)26(21-14-28-23-10-6-4-8-19(21)23)22-15-29-24-11-7-5-9-20(22)24/h4-16,26,28-30H,1-3H3. The van der Waals surface area contributed by atoms with Gasteiger partial charge < -0.3 is 15.1 Å². The zero-order chi connectivity index (χ0) is 20.8. The number of para-hydroxylation sites is 2. The van der Waals surface area contributed by atoms with Crippen LogP contribution in [0.4, 0.5) is 0 Å². The van der Waals surface area contributed by atoms with Crippen LogP contribution in [0.15, 0.2) is 73.1 Å².